The fourth-order valence-corrected chi connectivity index (χ4v) is 1.14. The average Bonchev–Trinajstić information content (AvgIpc) is 2.11. The van der Waals surface area contributed by atoms with E-state index < -0.39 is 6.10 Å². The second kappa shape index (κ2) is 4.20. The summed E-state index contributed by atoms with van der Waals surface area (Å²) in [5, 5.41) is 9.28. The van der Waals surface area contributed by atoms with Gasteiger partial charge in [-0.25, -0.2) is 0 Å². The molecule has 1 atom stereocenters. The fraction of sp³-hybridized carbons (Fsp3) is 0.444. The Morgan fingerprint density at radius 1 is 1.62 bits per heavy atom. The topological polar surface area (TPSA) is 68.2 Å². The molecule has 0 aliphatic rings. The molecule has 0 aliphatic carbocycles. The van der Waals surface area contributed by atoms with Crippen molar-refractivity contribution in [1.29, 1.82) is 0 Å². The van der Waals surface area contributed by atoms with Crippen molar-refractivity contribution in [3.05, 3.63) is 34.2 Å². The molecule has 1 unspecified atom stereocenters. The Kier molecular flexibility index (Phi) is 3.22. The van der Waals surface area contributed by atoms with Gasteiger partial charge in [0.1, 0.15) is 0 Å². The van der Waals surface area contributed by atoms with Gasteiger partial charge >= 0.3 is 0 Å². The zero-order chi connectivity index (χ0) is 9.84. The van der Waals surface area contributed by atoms with E-state index in [1.54, 1.807) is 6.07 Å². The molecule has 1 aromatic heterocycles. The van der Waals surface area contributed by atoms with Gasteiger partial charge in [-0.3, -0.25) is 4.79 Å². The van der Waals surface area contributed by atoms with Gasteiger partial charge < -0.3 is 15.4 Å². The molecule has 0 amide bonds. The van der Waals surface area contributed by atoms with Crippen LogP contribution in [-0.2, 0) is 6.54 Å². The molecular weight excluding hydrogens is 168 g/mol. The van der Waals surface area contributed by atoms with Gasteiger partial charge in [-0.05, 0) is 13.0 Å². The highest BCUT2D eigenvalue weighted by molar-refractivity contribution is 5.04. The van der Waals surface area contributed by atoms with Crippen LogP contribution in [0.5, 0.6) is 0 Å². The maximum atomic E-state index is 11.3. The summed E-state index contributed by atoms with van der Waals surface area (Å²) in [4.78, 5) is 11.3. The van der Waals surface area contributed by atoms with Crippen LogP contribution in [0.1, 0.15) is 5.69 Å². The van der Waals surface area contributed by atoms with Gasteiger partial charge in [0.2, 0.25) is 0 Å². The quantitative estimate of drug-likeness (QED) is 0.660. The zero-order valence-corrected chi connectivity index (χ0v) is 7.60. The molecule has 0 saturated carbocycles. The second-order valence-corrected chi connectivity index (χ2v) is 3.01. The Labute approximate surface area is 76.6 Å². The maximum absolute atomic E-state index is 11.3. The molecule has 0 bridgehead atoms. The van der Waals surface area contributed by atoms with Crippen LogP contribution in [0.2, 0.25) is 0 Å². The van der Waals surface area contributed by atoms with Crippen molar-refractivity contribution in [3.63, 3.8) is 0 Å². The van der Waals surface area contributed by atoms with Crippen molar-refractivity contribution in [1.82, 2.24) is 4.57 Å². The molecule has 0 saturated heterocycles. The number of aryl methyl sites for hydroxylation is 1. The largest absolute Gasteiger partial charge is 0.390 e. The summed E-state index contributed by atoms with van der Waals surface area (Å²) < 4.78 is 1.51. The van der Waals surface area contributed by atoms with E-state index in [-0.39, 0.29) is 18.6 Å². The Morgan fingerprint density at radius 3 is 2.85 bits per heavy atom. The lowest BCUT2D eigenvalue weighted by atomic mass is 10.3. The third-order valence-electron chi connectivity index (χ3n) is 1.93. The molecule has 0 radical (unpaired) electrons. The first kappa shape index (κ1) is 9.95. The van der Waals surface area contributed by atoms with E-state index >= 15 is 0 Å². The highest BCUT2D eigenvalue weighted by Crippen LogP contribution is 1.95. The molecule has 0 spiro atoms. The molecular formula is C9H14N2O2. The van der Waals surface area contributed by atoms with Crippen molar-refractivity contribution in [2.45, 2.75) is 19.6 Å². The lowest BCUT2D eigenvalue weighted by Crippen LogP contribution is -2.31. The van der Waals surface area contributed by atoms with Crippen molar-refractivity contribution in [3.8, 4) is 0 Å². The third kappa shape index (κ3) is 2.40. The van der Waals surface area contributed by atoms with Crippen molar-refractivity contribution < 1.29 is 5.11 Å². The van der Waals surface area contributed by atoms with Crippen molar-refractivity contribution >= 4 is 0 Å². The van der Waals surface area contributed by atoms with E-state index in [1.807, 2.05) is 13.0 Å². The van der Waals surface area contributed by atoms with Crippen LogP contribution in [-0.4, -0.2) is 22.3 Å². The predicted octanol–water partition coefficient (Wildman–Crippen LogP) is -0.524. The van der Waals surface area contributed by atoms with Crippen LogP contribution in [0.15, 0.2) is 23.0 Å². The lowest BCUT2D eigenvalue weighted by Gasteiger charge is -2.12. The summed E-state index contributed by atoms with van der Waals surface area (Å²) in [6.45, 7) is 2.26. The molecule has 0 aromatic carbocycles. The monoisotopic (exact) mass is 182 g/mol. The van der Waals surface area contributed by atoms with Gasteiger partial charge in [0, 0.05) is 18.3 Å². The minimum Gasteiger partial charge on any atom is -0.390 e. The van der Waals surface area contributed by atoms with Gasteiger partial charge in [-0.2, -0.15) is 0 Å². The van der Waals surface area contributed by atoms with Crippen LogP contribution < -0.4 is 11.3 Å². The summed E-state index contributed by atoms with van der Waals surface area (Å²) in [5.74, 6) is 0. The average molecular weight is 182 g/mol. The van der Waals surface area contributed by atoms with Crippen LogP contribution in [0.25, 0.3) is 0 Å². The number of hydrogen-bond acceptors (Lipinski definition) is 3. The summed E-state index contributed by atoms with van der Waals surface area (Å²) in [6, 6.07) is 4.99. The van der Waals surface area contributed by atoms with E-state index in [9.17, 15) is 9.90 Å². The molecule has 3 N–H and O–H groups in total. The molecule has 0 aliphatic heterocycles. The van der Waals surface area contributed by atoms with E-state index in [2.05, 4.69) is 0 Å². The summed E-state index contributed by atoms with van der Waals surface area (Å²) in [5.41, 5.74) is 5.98. The number of hydrogen-bond donors (Lipinski definition) is 2. The predicted molar refractivity (Wildman–Crippen MR) is 50.5 cm³/mol. The zero-order valence-electron chi connectivity index (χ0n) is 7.60. The highest BCUT2D eigenvalue weighted by Gasteiger charge is 2.05. The van der Waals surface area contributed by atoms with Gasteiger partial charge in [0.15, 0.2) is 0 Å². The van der Waals surface area contributed by atoms with E-state index in [0.717, 1.165) is 5.69 Å². The SMILES string of the molecule is Cc1cccc(=O)n1CC(O)CN. The smallest absolute Gasteiger partial charge is 0.250 e. The molecule has 1 heterocycles. The first-order valence-corrected chi connectivity index (χ1v) is 4.19. The number of aromatic nitrogens is 1. The minimum absolute atomic E-state index is 0.104. The van der Waals surface area contributed by atoms with Crippen molar-refractivity contribution in [2.24, 2.45) is 5.73 Å². The van der Waals surface area contributed by atoms with E-state index in [1.165, 1.54) is 10.6 Å². The molecule has 1 rings (SSSR count). The molecule has 4 heteroatoms. The number of nitrogens with two attached hydrogens (primary N) is 1. The maximum Gasteiger partial charge on any atom is 0.250 e. The van der Waals surface area contributed by atoms with E-state index in [4.69, 9.17) is 5.73 Å². The molecule has 13 heavy (non-hydrogen) atoms. The number of nitrogens with zero attached hydrogens (tertiary/aromatic N) is 1. The van der Waals surface area contributed by atoms with Crippen LogP contribution >= 0.6 is 0 Å². The fourth-order valence-electron chi connectivity index (χ4n) is 1.14. The van der Waals surface area contributed by atoms with Gasteiger partial charge in [-0.15, -0.1) is 0 Å². The van der Waals surface area contributed by atoms with Crippen molar-refractivity contribution in [2.75, 3.05) is 6.54 Å². The van der Waals surface area contributed by atoms with Gasteiger partial charge in [-0.1, -0.05) is 6.07 Å². The molecule has 0 fully saturated rings. The number of aliphatic hydroxyl groups is 1. The third-order valence-corrected chi connectivity index (χ3v) is 1.93. The number of aliphatic hydroxyl groups excluding tert-OH is 1. The minimum atomic E-state index is -0.654. The summed E-state index contributed by atoms with van der Waals surface area (Å²) in [7, 11) is 0. The molecule has 4 nitrogen and oxygen atoms in total. The lowest BCUT2D eigenvalue weighted by molar-refractivity contribution is 0.160. The second-order valence-electron chi connectivity index (χ2n) is 3.01. The van der Waals surface area contributed by atoms with Gasteiger partial charge in [0.25, 0.3) is 5.56 Å². The highest BCUT2D eigenvalue weighted by atomic mass is 16.3. The normalized spacial score (nSPS) is 12.8. The van der Waals surface area contributed by atoms with Gasteiger partial charge in [0.05, 0.1) is 12.6 Å². The van der Waals surface area contributed by atoms with Crippen LogP contribution in [0, 0.1) is 6.92 Å². The summed E-state index contributed by atoms with van der Waals surface area (Å²) in [6.07, 6.45) is -0.654. The first-order valence-electron chi connectivity index (χ1n) is 4.19. The van der Waals surface area contributed by atoms with Crippen LogP contribution in [0.4, 0.5) is 0 Å². The Balaban J connectivity index is 2.93. The van der Waals surface area contributed by atoms with Crippen LogP contribution in [0.3, 0.4) is 0 Å². The molecule has 1 aromatic rings. The summed E-state index contributed by atoms with van der Waals surface area (Å²) >= 11 is 0. The number of rotatable bonds is 3. The molecule has 72 valence electrons. The Morgan fingerprint density at radius 2 is 2.31 bits per heavy atom. The number of pyridine rings is 1. The Hall–Kier alpha value is -1.13. The Bertz CT molecular complexity index is 333. The van der Waals surface area contributed by atoms with E-state index in [0.29, 0.717) is 0 Å². The first-order chi connectivity index (χ1) is 6.15. The standard InChI is InChI=1S/C9H14N2O2/c1-7-3-2-4-9(13)11(7)6-8(12)5-10/h2-4,8,12H,5-6,10H2,1H3.